The quantitative estimate of drug-likeness (QED) is 0.254. The number of nitrogens with one attached hydrogen (secondary N) is 2. The number of pyridine rings is 1. The molecular formula is C30H34N4O6. The van der Waals surface area contributed by atoms with Crippen molar-refractivity contribution in [1.29, 1.82) is 0 Å². The van der Waals surface area contributed by atoms with E-state index < -0.39 is 17.6 Å². The average molecular weight is 547 g/mol. The normalized spacial score (nSPS) is 12.2. The lowest BCUT2D eigenvalue weighted by Crippen LogP contribution is -2.54. The van der Waals surface area contributed by atoms with Gasteiger partial charge in [0, 0.05) is 6.20 Å². The summed E-state index contributed by atoms with van der Waals surface area (Å²) in [5.41, 5.74) is 0.904. The predicted molar refractivity (Wildman–Crippen MR) is 147 cm³/mol. The van der Waals surface area contributed by atoms with E-state index in [4.69, 9.17) is 18.3 Å². The van der Waals surface area contributed by atoms with Crippen molar-refractivity contribution in [1.82, 2.24) is 20.6 Å². The molecule has 10 nitrogen and oxygen atoms in total. The zero-order valence-corrected chi connectivity index (χ0v) is 23.3. The van der Waals surface area contributed by atoms with Gasteiger partial charge in [-0.25, -0.2) is 9.97 Å². The Morgan fingerprint density at radius 2 is 1.80 bits per heavy atom. The number of nitrogens with zero attached hydrogens (tertiary/aromatic N) is 2. The number of hydrogen-bond acceptors (Lipinski definition) is 8. The van der Waals surface area contributed by atoms with Gasteiger partial charge in [-0.1, -0.05) is 30.3 Å². The SMILES string of the molecule is Cc1c(-c2ncco2)cnc(OCC(OC(C)C)c2ccccc2)c1C(=O)NC(C)(C)C(=O)NCc1ccco1. The minimum atomic E-state index is -1.26. The van der Waals surface area contributed by atoms with E-state index in [-0.39, 0.29) is 36.6 Å². The van der Waals surface area contributed by atoms with Crippen LogP contribution in [0.1, 0.15) is 61.0 Å². The number of hydrogen-bond donors (Lipinski definition) is 2. The summed E-state index contributed by atoms with van der Waals surface area (Å²) in [5, 5.41) is 5.61. The van der Waals surface area contributed by atoms with Crippen LogP contribution in [-0.4, -0.2) is 40.0 Å². The van der Waals surface area contributed by atoms with Crippen LogP contribution in [-0.2, 0) is 16.1 Å². The molecule has 3 aromatic heterocycles. The second-order valence-electron chi connectivity index (χ2n) is 10.1. The summed E-state index contributed by atoms with van der Waals surface area (Å²) >= 11 is 0. The van der Waals surface area contributed by atoms with Gasteiger partial charge < -0.3 is 28.9 Å². The summed E-state index contributed by atoms with van der Waals surface area (Å²) in [6.07, 6.45) is 5.59. The van der Waals surface area contributed by atoms with Gasteiger partial charge in [-0.05, 0) is 57.9 Å². The molecule has 40 heavy (non-hydrogen) atoms. The second-order valence-corrected chi connectivity index (χ2v) is 10.1. The molecule has 2 amide bonds. The minimum Gasteiger partial charge on any atom is -0.474 e. The topological polar surface area (TPSA) is 129 Å². The molecule has 4 aromatic rings. The van der Waals surface area contributed by atoms with Crippen LogP contribution in [0.15, 0.2) is 76.2 Å². The van der Waals surface area contributed by atoms with Crippen molar-refractivity contribution in [3.8, 4) is 17.3 Å². The van der Waals surface area contributed by atoms with Gasteiger partial charge in [-0.15, -0.1) is 0 Å². The number of carbonyl (C=O) groups is 2. The van der Waals surface area contributed by atoms with E-state index in [1.807, 2.05) is 44.2 Å². The highest BCUT2D eigenvalue weighted by atomic mass is 16.5. The molecule has 1 atom stereocenters. The molecule has 4 rings (SSSR count). The van der Waals surface area contributed by atoms with Crippen LogP contribution in [0.3, 0.4) is 0 Å². The fraction of sp³-hybridized carbons (Fsp3) is 0.333. The van der Waals surface area contributed by atoms with Crippen LogP contribution < -0.4 is 15.4 Å². The summed E-state index contributed by atoms with van der Waals surface area (Å²) in [6.45, 7) is 9.18. The third-order valence-electron chi connectivity index (χ3n) is 6.17. The molecule has 0 aliphatic heterocycles. The molecule has 0 aliphatic rings. The highest BCUT2D eigenvalue weighted by Crippen LogP contribution is 2.30. The van der Waals surface area contributed by atoms with Gasteiger partial charge in [0.2, 0.25) is 17.7 Å². The fourth-order valence-corrected chi connectivity index (χ4v) is 4.10. The monoisotopic (exact) mass is 546 g/mol. The third-order valence-corrected chi connectivity index (χ3v) is 6.17. The minimum absolute atomic E-state index is 0.0563. The van der Waals surface area contributed by atoms with Crippen molar-refractivity contribution in [3.63, 3.8) is 0 Å². The molecule has 2 N–H and O–H groups in total. The average Bonchev–Trinajstić information content (AvgIpc) is 3.64. The Kier molecular flexibility index (Phi) is 9.00. The van der Waals surface area contributed by atoms with E-state index in [2.05, 4.69) is 20.6 Å². The second kappa shape index (κ2) is 12.6. The molecule has 210 valence electrons. The van der Waals surface area contributed by atoms with E-state index >= 15 is 0 Å². The summed E-state index contributed by atoms with van der Waals surface area (Å²) in [7, 11) is 0. The van der Waals surface area contributed by atoms with Crippen LogP contribution in [0, 0.1) is 6.92 Å². The van der Waals surface area contributed by atoms with Crippen molar-refractivity contribution in [2.75, 3.05) is 6.61 Å². The van der Waals surface area contributed by atoms with Gasteiger partial charge >= 0.3 is 0 Å². The first-order chi connectivity index (χ1) is 19.2. The van der Waals surface area contributed by atoms with Crippen LogP contribution in [0.25, 0.3) is 11.5 Å². The maximum Gasteiger partial charge on any atom is 0.257 e. The largest absolute Gasteiger partial charge is 0.474 e. The highest BCUT2D eigenvalue weighted by Gasteiger charge is 2.33. The molecule has 10 heteroatoms. The zero-order chi connectivity index (χ0) is 28.7. The van der Waals surface area contributed by atoms with Gasteiger partial charge in [-0.3, -0.25) is 9.59 Å². The molecule has 0 bridgehead atoms. The van der Waals surface area contributed by atoms with E-state index in [0.717, 1.165) is 5.56 Å². The van der Waals surface area contributed by atoms with E-state index in [1.54, 1.807) is 39.1 Å². The van der Waals surface area contributed by atoms with Crippen LogP contribution >= 0.6 is 0 Å². The first kappa shape index (κ1) is 28.6. The smallest absolute Gasteiger partial charge is 0.257 e. The molecule has 1 aromatic carbocycles. The Morgan fingerprint density at radius 3 is 2.45 bits per heavy atom. The highest BCUT2D eigenvalue weighted by molar-refractivity contribution is 6.02. The Balaban J connectivity index is 1.60. The molecule has 0 fully saturated rings. The Morgan fingerprint density at radius 1 is 1.02 bits per heavy atom. The van der Waals surface area contributed by atoms with E-state index in [0.29, 0.717) is 22.8 Å². The molecule has 0 spiro atoms. The van der Waals surface area contributed by atoms with Crippen LogP contribution in [0.5, 0.6) is 5.88 Å². The van der Waals surface area contributed by atoms with Crippen LogP contribution in [0.4, 0.5) is 0 Å². The van der Waals surface area contributed by atoms with Gasteiger partial charge in [-0.2, -0.15) is 0 Å². The molecule has 0 aliphatic carbocycles. The summed E-state index contributed by atoms with van der Waals surface area (Å²) in [6, 6.07) is 13.2. The zero-order valence-electron chi connectivity index (χ0n) is 23.3. The standard InChI is InChI=1S/C30H34N4O6/c1-19(2)40-24(21-10-7-6-8-11-21)18-39-28-25(20(3)23(17-32-28)27-31-13-15-38-27)26(35)34-30(4,5)29(36)33-16-22-12-9-14-37-22/h6-15,17,19,24H,16,18H2,1-5H3,(H,33,36)(H,34,35). The predicted octanol–water partition coefficient (Wildman–Crippen LogP) is 5.01. The van der Waals surface area contributed by atoms with Crippen molar-refractivity contribution in [2.45, 2.75) is 58.9 Å². The van der Waals surface area contributed by atoms with E-state index in [1.165, 1.54) is 18.7 Å². The molecule has 3 heterocycles. The summed E-state index contributed by atoms with van der Waals surface area (Å²) in [4.78, 5) is 35.4. The lowest BCUT2D eigenvalue weighted by atomic mass is 10.0. The third kappa shape index (κ3) is 6.95. The Hall–Kier alpha value is -4.44. The van der Waals surface area contributed by atoms with Crippen LogP contribution in [0.2, 0.25) is 0 Å². The van der Waals surface area contributed by atoms with Crippen molar-refractivity contribution in [3.05, 3.63) is 89.8 Å². The summed E-state index contributed by atoms with van der Waals surface area (Å²) in [5.74, 6) is 0.0921. The van der Waals surface area contributed by atoms with Gasteiger partial charge in [0.1, 0.15) is 35.8 Å². The fourth-order valence-electron chi connectivity index (χ4n) is 4.10. The molecule has 1 unspecified atom stereocenters. The number of oxazole rings is 1. The lowest BCUT2D eigenvalue weighted by Gasteiger charge is -2.26. The van der Waals surface area contributed by atoms with Crippen molar-refractivity contribution < 1.29 is 27.9 Å². The number of ether oxygens (including phenoxy) is 2. The number of furan rings is 1. The van der Waals surface area contributed by atoms with Crippen molar-refractivity contribution in [2.24, 2.45) is 0 Å². The first-order valence-corrected chi connectivity index (χ1v) is 13.0. The number of benzene rings is 1. The molecule has 0 radical (unpaired) electrons. The maximum atomic E-state index is 13.7. The van der Waals surface area contributed by atoms with Gasteiger partial charge in [0.25, 0.3) is 5.91 Å². The Bertz CT molecular complexity index is 1400. The van der Waals surface area contributed by atoms with Gasteiger partial charge in [0.05, 0.1) is 30.7 Å². The van der Waals surface area contributed by atoms with Crippen molar-refractivity contribution >= 4 is 11.8 Å². The lowest BCUT2D eigenvalue weighted by molar-refractivity contribution is -0.126. The van der Waals surface area contributed by atoms with E-state index in [9.17, 15) is 9.59 Å². The number of carbonyl (C=O) groups excluding carboxylic acids is 2. The Labute approximate surface area is 233 Å². The molecular weight excluding hydrogens is 512 g/mol. The molecule has 0 saturated heterocycles. The number of rotatable bonds is 12. The number of aromatic nitrogens is 2. The first-order valence-electron chi connectivity index (χ1n) is 13.0. The molecule has 0 saturated carbocycles. The number of amides is 2. The van der Waals surface area contributed by atoms with Gasteiger partial charge in [0.15, 0.2) is 0 Å². The maximum absolute atomic E-state index is 13.7. The summed E-state index contributed by atoms with van der Waals surface area (Å²) < 4.78 is 23.0.